The van der Waals surface area contributed by atoms with Crippen LogP contribution in [0.2, 0.25) is 0 Å². The lowest BCUT2D eigenvalue weighted by Crippen LogP contribution is -2.49. The molecule has 6 rings (SSSR count). The average molecular weight is 413 g/mol. The molecule has 1 saturated carbocycles. The van der Waals surface area contributed by atoms with Crippen molar-refractivity contribution in [1.82, 2.24) is 9.88 Å². The van der Waals surface area contributed by atoms with Crippen molar-refractivity contribution in [3.63, 3.8) is 0 Å². The number of carbonyl (C=O) groups is 1. The number of aromatic nitrogens is 1. The molecule has 0 N–H and O–H groups in total. The SMILES string of the molecule is Cc1cc2cccnc2cc1-c1ccc(OC2CC3CCC(C2)N3C(=O)C2CC2)cc1. The van der Waals surface area contributed by atoms with Crippen LogP contribution in [0.3, 0.4) is 0 Å². The Labute approximate surface area is 183 Å². The highest BCUT2D eigenvalue weighted by Gasteiger charge is 2.47. The molecule has 158 valence electrons. The van der Waals surface area contributed by atoms with Gasteiger partial charge in [0.15, 0.2) is 0 Å². The fourth-order valence-corrected chi connectivity index (χ4v) is 5.57. The first-order valence-electron chi connectivity index (χ1n) is 11.6. The van der Waals surface area contributed by atoms with Crippen LogP contribution in [-0.4, -0.2) is 34.0 Å². The van der Waals surface area contributed by atoms with Crippen LogP contribution in [0, 0.1) is 12.8 Å². The van der Waals surface area contributed by atoms with E-state index in [1.54, 1.807) is 0 Å². The quantitative estimate of drug-likeness (QED) is 0.567. The molecule has 2 aromatic carbocycles. The molecule has 31 heavy (non-hydrogen) atoms. The first kappa shape index (κ1) is 18.9. The van der Waals surface area contributed by atoms with E-state index >= 15 is 0 Å². The lowest BCUT2D eigenvalue weighted by atomic mass is 9.97. The molecule has 4 nitrogen and oxygen atoms in total. The summed E-state index contributed by atoms with van der Waals surface area (Å²) in [5.41, 5.74) is 4.66. The van der Waals surface area contributed by atoms with Crippen molar-refractivity contribution in [2.24, 2.45) is 5.92 Å². The number of fused-ring (bicyclic) bond motifs is 3. The Morgan fingerprint density at radius 2 is 1.74 bits per heavy atom. The van der Waals surface area contributed by atoms with E-state index in [4.69, 9.17) is 4.74 Å². The van der Waals surface area contributed by atoms with E-state index in [-0.39, 0.29) is 6.10 Å². The number of aryl methyl sites for hydroxylation is 1. The largest absolute Gasteiger partial charge is 0.490 e. The number of pyridine rings is 1. The van der Waals surface area contributed by atoms with Gasteiger partial charge in [-0.1, -0.05) is 18.2 Å². The second-order valence-corrected chi connectivity index (χ2v) is 9.50. The number of rotatable bonds is 4. The third-order valence-corrected chi connectivity index (χ3v) is 7.29. The summed E-state index contributed by atoms with van der Waals surface area (Å²) < 4.78 is 6.38. The van der Waals surface area contributed by atoms with Gasteiger partial charge < -0.3 is 9.64 Å². The van der Waals surface area contributed by atoms with Gasteiger partial charge in [-0.15, -0.1) is 0 Å². The summed E-state index contributed by atoms with van der Waals surface area (Å²) in [7, 11) is 0. The van der Waals surface area contributed by atoms with Gasteiger partial charge in [-0.05, 0) is 79.6 Å². The molecule has 0 radical (unpaired) electrons. The van der Waals surface area contributed by atoms with Gasteiger partial charge >= 0.3 is 0 Å². The lowest BCUT2D eigenvalue weighted by Gasteiger charge is -2.39. The van der Waals surface area contributed by atoms with Crippen molar-refractivity contribution in [3.8, 4) is 16.9 Å². The highest BCUT2D eigenvalue weighted by Crippen LogP contribution is 2.42. The van der Waals surface area contributed by atoms with Crippen LogP contribution in [0.15, 0.2) is 54.7 Å². The molecule has 2 bridgehead atoms. The second-order valence-electron chi connectivity index (χ2n) is 9.50. The summed E-state index contributed by atoms with van der Waals surface area (Å²) in [6.07, 6.45) is 8.43. The van der Waals surface area contributed by atoms with Crippen molar-refractivity contribution >= 4 is 16.8 Å². The van der Waals surface area contributed by atoms with Crippen molar-refractivity contribution in [2.75, 3.05) is 0 Å². The Morgan fingerprint density at radius 1 is 1.00 bits per heavy atom. The van der Waals surface area contributed by atoms with E-state index in [0.29, 0.717) is 23.9 Å². The fourth-order valence-electron chi connectivity index (χ4n) is 5.57. The minimum absolute atomic E-state index is 0.207. The van der Waals surface area contributed by atoms with Gasteiger partial charge in [0.25, 0.3) is 0 Å². The maximum absolute atomic E-state index is 12.6. The predicted octanol–water partition coefficient (Wildman–Crippen LogP) is 5.52. The maximum atomic E-state index is 12.6. The zero-order valence-electron chi connectivity index (χ0n) is 18.0. The van der Waals surface area contributed by atoms with Gasteiger partial charge in [-0.25, -0.2) is 0 Å². The van der Waals surface area contributed by atoms with E-state index in [1.807, 2.05) is 12.3 Å². The number of piperidine rings is 1. The summed E-state index contributed by atoms with van der Waals surface area (Å²) in [5, 5.41) is 1.17. The minimum atomic E-state index is 0.207. The summed E-state index contributed by atoms with van der Waals surface area (Å²) in [5.74, 6) is 1.66. The fraction of sp³-hybridized carbons (Fsp3) is 0.407. The van der Waals surface area contributed by atoms with Crippen LogP contribution in [0.5, 0.6) is 5.75 Å². The Balaban J connectivity index is 1.17. The molecule has 4 heteroatoms. The topological polar surface area (TPSA) is 42.4 Å². The number of hydrogen-bond donors (Lipinski definition) is 0. The van der Waals surface area contributed by atoms with Gasteiger partial charge in [0.05, 0.1) is 5.52 Å². The molecule has 3 aromatic rings. The minimum Gasteiger partial charge on any atom is -0.490 e. The van der Waals surface area contributed by atoms with E-state index in [9.17, 15) is 4.79 Å². The third-order valence-electron chi connectivity index (χ3n) is 7.29. The molecule has 2 atom stereocenters. The normalized spacial score (nSPS) is 25.1. The molecule has 2 unspecified atom stereocenters. The van der Waals surface area contributed by atoms with E-state index in [0.717, 1.165) is 49.8 Å². The van der Waals surface area contributed by atoms with Gasteiger partial charge in [0.2, 0.25) is 5.91 Å². The van der Waals surface area contributed by atoms with Gasteiger partial charge in [0, 0.05) is 42.4 Å². The van der Waals surface area contributed by atoms with Gasteiger partial charge in [-0.2, -0.15) is 0 Å². The van der Waals surface area contributed by atoms with Crippen LogP contribution >= 0.6 is 0 Å². The molecule has 3 heterocycles. The van der Waals surface area contributed by atoms with E-state index in [1.165, 1.54) is 22.1 Å². The highest BCUT2D eigenvalue weighted by atomic mass is 16.5. The summed E-state index contributed by atoms with van der Waals surface area (Å²) in [6, 6.07) is 17.7. The number of amides is 1. The molecule has 1 amide bonds. The number of hydrogen-bond acceptors (Lipinski definition) is 3. The molecule has 2 saturated heterocycles. The third kappa shape index (κ3) is 3.48. The van der Waals surface area contributed by atoms with E-state index in [2.05, 4.69) is 59.3 Å². The first-order valence-corrected chi connectivity index (χ1v) is 11.6. The predicted molar refractivity (Wildman–Crippen MR) is 122 cm³/mol. The van der Waals surface area contributed by atoms with Crippen molar-refractivity contribution in [1.29, 1.82) is 0 Å². The highest BCUT2D eigenvalue weighted by molar-refractivity contribution is 5.86. The van der Waals surface area contributed by atoms with Gasteiger partial charge in [-0.3, -0.25) is 9.78 Å². The Bertz CT molecular complexity index is 1120. The number of carbonyl (C=O) groups excluding carboxylic acids is 1. The van der Waals surface area contributed by atoms with Crippen LogP contribution < -0.4 is 4.74 Å². The van der Waals surface area contributed by atoms with Crippen molar-refractivity contribution < 1.29 is 9.53 Å². The van der Waals surface area contributed by atoms with Gasteiger partial charge in [0.1, 0.15) is 11.9 Å². The average Bonchev–Trinajstić information content (AvgIpc) is 3.59. The van der Waals surface area contributed by atoms with Crippen LogP contribution in [0.4, 0.5) is 0 Å². The Morgan fingerprint density at radius 3 is 2.45 bits per heavy atom. The van der Waals surface area contributed by atoms with Crippen molar-refractivity contribution in [3.05, 3.63) is 60.3 Å². The van der Waals surface area contributed by atoms with E-state index < -0.39 is 0 Å². The van der Waals surface area contributed by atoms with Crippen LogP contribution in [0.25, 0.3) is 22.0 Å². The summed E-state index contributed by atoms with van der Waals surface area (Å²) in [6.45, 7) is 2.15. The lowest BCUT2D eigenvalue weighted by molar-refractivity contribution is -0.138. The standard InChI is InChI=1S/C27H28N2O2/c1-17-13-20-3-2-12-28-26(20)16-25(17)18-6-10-23(11-7-18)31-24-14-21-8-9-22(15-24)29(21)27(30)19-4-5-19/h2-3,6-7,10-13,16,19,21-22,24H,4-5,8-9,14-15H2,1H3. The maximum Gasteiger partial charge on any atom is 0.226 e. The first-order chi connectivity index (χ1) is 15.2. The zero-order valence-corrected chi connectivity index (χ0v) is 18.0. The molecule has 3 aliphatic rings. The molecule has 1 aromatic heterocycles. The summed E-state index contributed by atoms with van der Waals surface area (Å²) >= 11 is 0. The molecule has 1 aliphatic carbocycles. The molecule has 2 aliphatic heterocycles. The summed E-state index contributed by atoms with van der Waals surface area (Å²) in [4.78, 5) is 19.4. The second kappa shape index (κ2) is 7.37. The number of ether oxygens (including phenoxy) is 1. The van der Waals surface area contributed by atoms with Crippen molar-refractivity contribution in [2.45, 2.75) is 63.6 Å². The molecule has 0 spiro atoms. The van der Waals surface area contributed by atoms with Crippen LogP contribution in [-0.2, 0) is 4.79 Å². The Hall–Kier alpha value is -2.88. The van der Waals surface area contributed by atoms with Crippen LogP contribution in [0.1, 0.15) is 44.1 Å². The monoisotopic (exact) mass is 412 g/mol. The Kier molecular flexibility index (Phi) is 4.48. The molecular weight excluding hydrogens is 384 g/mol. The molecular formula is C27H28N2O2. The number of nitrogens with zero attached hydrogens (tertiary/aromatic N) is 2. The zero-order chi connectivity index (χ0) is 20.9. The number of benzene rings is 2. The molecule has 3 fully saturated rings. The smallest absolute Gasteiger partial charge is 0.226 e.